The van der Waals surface area contributed by atoms with E-state index < -0.39 is 7.29 Å². The van der Waals surface area contributed by atoms with Gasteiger partial charge in [0.05, 0.1) is 6.54 Å². The van der Waals surface area contributed by atoms with Crippen molar-refractivity contribution >= 4 is 29.3 Å². The minimum absolute atomic E-state index is 0.674. The van der Waals surface area contributed by atoms with Crippen LogP contribution in [0.2, 0.25) is 0 Å². The Morgan fingerprint density at radius 2 is 1.48 bits per heavy atom. The molecule has 25 heavy (non-hydrogen) atoms. The predicted octanol–water partition coefficient (Wildman–Crippen LogP) is 4.00. The smallest absolute Gasteiger partial charge is 0.230 e. The van der Waals surface area contributed by atoms with E-state index in [1.807, 2.05) is 86.9 Å². The molecule has 3 aromatic rings. The van der Waals surface area contributed by atoms with E-state index in [-0.39, 0.29) is 0 Å². The predicted molar refractivity (Wildman–Crippen MR) is 107 cm³/mol. The molecule has 1 aliphatic heterocycles. The molecule has 0 fully saturated rings. The Morgan fingerprint density at radius 1 is 0.840 bits per heavy atom. The lowest BCUT2D eigenvalue weighted by atomic mass is 10.2. The van der Waals surface area contributed by atoms with Gasteiger partial charge in [-0.2, -0.15) is 0 Å². The lowest BCUT2D eigenvalue weighted by Crippen LogP contribution is -2.24. The van der Waals surface area contributed by atoms with E-state index in [9.17, 15) is 4.57 Å². The molecule has 1 atom stereocenters. The summed E-state index contributed by atoms with van der Waals surface area (Å²) in [5, 5.41) is 1.84. The molecule has 0 N–H and O–H groups in total. The Morgan fingerprint density at radius 3 is 2.16 bits per heavy atom. The zero-order chi connectivity index (χ0) is 17.4. The quantitative estimate of drug-likeness (QED) is 0.669. The highest BCUT2D eigenvalue weighted by Gasteiger charge is 2.42. The summed E-state index contributed by atoms with van der Waals surface area (Å²) in [6.45, 7) is 0.674. The highest BCUT2D eigenvalue weighted by Crippen LogP contribution is 2.55. The van der Waals surface area contributed by atoms with E-state index in [1.165, 1.54) is 0 Å². The highest BCUT2D eigenvalue weighted by atomic mass is 31.2. The Balaban J connectivity index is 1.89. The first-order chi connectivity index (χ1) is 12.1. The first kappa shape index (κ1) is 16.0. The second-order valence-corrected chi connectivity index (χ2v) is 9.14. The average molecular weight is 348 g/mol. The minimum atomic E-state index is -2.88. The summed E-state index contributed by atoms with van der Waals surface area (Å²) in [6, 6.07) is 26.2. The molecule has 0 radical (unpaired) electrons. The van der Waals surface area contributed by atoms with Gasteiger partial charge in [-0.3, -0.25) is 4.57 Å². The van der Waals surface area contributed by atoms with E-state index >= 15 is 0 Å². The molecule has 0 aliphatic carbocycles. The van der Waals surface area contributed by atoms with Crippen molar-refractivity contribution in [3.05, 3.63) is 84.4 Å². The van der Waals surface area contributed by atoms with Crippen LogP contribution in [0.25, 0.3) is 0 Å². The number of hydrogen-bond acceptors (Lipinski definition) is 2. The van der Waals surface area contributed by atoms with Crippen LogP contribution in [0, 0.1) is 0 Å². The Bertz CT molecular complexity index is 936. The van der Waals surface area contributed by atoms with Crippen LogP contribution in [-0.4, -0.2) is 14.1 Å². The molecule has 0 aromatic heterocycles. The SMILES string of the molecule is CN(C)c1ccc(P2(=O)c3ccccc3CN2c2ccccc2)cc1. The molecule has 4 rings (SSSR count). The molecule has 1 heterocycles. The zero-order valence-electron chi connectivity index (χ0n) is 14.5. The molecule has 3 nitrogen and oxygen atoms in total. The Hall–Kier alpha value is -2.51. The lowest BCUT2D eigenvalue weighted by Gasteiger charge is -2.28. The van der Waals surface area contributed by atoms with Crippen LogP contribution in [0.15, 0.2) is 78.9 Å². The van der Waals surface area contributed by atoms with Crippen LogP contribution in [0.3, 0.4) is 0 Å². The molecular formula is C21H21N2OP. The topological polar surface area (TPSA) is 23.6 Å². The van der Waals surface area contributed by atoms with Crippen molar-refractivity contribution in [2.75, 3.05) is 23.7 Å². The van der Waals surface area contributed by atoms with Gasteiger partial charge in [0, 0.05) is 36.1 Å². The first-order valence-electron chi connectivity index (χ1n) is 8.40. The number of nitrogens with zero attached hydrogens (tertiary/aromatic N) is 2. The van der Waals surface area contributed by atoms with Crippen LogP contribution in [0.5, 0.6) is 0 Å². The van der Waals surface area contributed by atoms with Crippen molar-refractivity contribution in [2.45, 2.75) is 6.54 Å². The Kier molecular flexibility index (Phi) is 3.89. The van der Waals surface area contributed by atoms with Gasteiger partial charge in [-0.1, -0.05) is 36.4 Å². The van der Waals surface area contributed by atoms with Crippen LogP contribution < -0.4 is 20.2 Å². The summed E-state index contributed by atoms with van der Waals surface area (Å²) < 4.78 is 16.4. The second-order valence-electron chi connectivity index (χ2n) is 6.51. The largest absolute Gasteiger partial charge is 0.378 e. The van der Waals surface area contributed by atoms with Gasteiger partial charge in [-0.05, 0) is 48.0 Å². The Labute approximate surface area is 149 Å². The van der Waals surface area contributed by atoms with Gasteiger partial charge in [0.1, 0.15) is 0 Å². The van der Waals surface area contributed by atoms with Crippen LogP contribution in [-0.2, 0) is 11.1 Å². The number of anilines is 2. The zero-order valence-corrected chi connectivity index (χ0v) is 15.4. The summed E-state index contributed by atoms with van der Waals surface area (Å²) in [4.78, 5) is 2.05. The van der Waals surface area contributed by atoms with E-state index in [4.69, 9.17) is 0 Å². The number of benzene rings is 3. The molecule has 0 amide bonds. The van der Waals surface area contributed by atoms with Gasteiger partial charge in [-0.15, -0.1) is 0 Å². The standard InChI is InChI=1S/C21H21N2OP/c1-22(2)18-12-14-20(15-13-18)25(24)21-11-7-6-8-17(21)16-23(25)19-9-4-3-5-10-19/h3-15H,16H2,1-2H3. The van der Waals surface area contributed by atoms with Crippen molar-refractivity contribution in [2.24, 2.45) is 0 Å². The van der Waals surface area contributed by atoms with Gasteiger partial charge in [0.15, 0.2) is 0 Å². The van der Waals surface area contributed by atoms with Gasteiger partial charge in [0.25, 0.3) is 0 Å². The fourth-order valence-corrected chi connectivity index (χ4v) is 6.42. The summed E-state index contributed by atoms with van der Waals surface area (Å²) >= 11 is 0. The maximum absolute atomic E-state index is 14.4. The lowest BCUT2D eigenvalue weighted by molar-refractivity contribution is 0.585. The fraction of sp³-hybridized carbons (Fsp3) is 0.143. The van der Waals surface area contributed by atoms with E-state index in [2.05, 4.69) is 15.6 Å². The van der Waals surface area contributed by atoms with Crippen molar-refractivity contribution in [3.63, 3.8) is 0 Å². The van der Waals surface area contributed by atoms with E-state index in [0.717, 1.165) is 27.5 Å². The van der Waals surface area contributed by atoms with Gasteiger partial charge < -0.3 is 9.57 Å². The number of rotatable bonds is 3. The molecule has 0 saturated carbocycles. The number of fused-ring (bicyclic) bond motifs is 1. The maximum atomic E-state index is 14.4. The van der Waals surface area contributed by atoms with Gasteiger partial charge in [-0.25, -0.2) is 0 Å². The summed E-state index contributed by atoms with van der Waals surface area (Å²) in [6.07, 6.45) is 0. The summed E-state index contributed by atoms with van der Waals surface area (Å²) in [5.74, 6) is 0. The van der Waals surface area contributed by atoms with E-state index in [0.29, 0.717) is 6.54 Å². The van der Waals surface area contributed by atoms with Crippen molar-refractivity contribution in [1.82, 2.24) is 0 Å². The third kappa shape index (κ3) is 2.56. The maximum Gasteiger partial charge on any atom is 0.230 e. The second kappa shape index (κ2) is 6.09. The van der Waals surface area contributed by atoms with Gasteiger partial charge in [0.2, 0.25) is 7.29 Å². The van der Waals surface area contributed by atoms with Crippen molar-refractivity contribution in [3.8, 4) is 0 Å². The molecule has 4 heteroatoms. The minimum Gasteiger partial charge on any atom is -0.378 e. The van der Waals surface area contributed by atoms with Crippen LogP contribution in [0.1, 0.15) is 5.56 Å². The molecule has 1 unspecified atom stereocenters. The van der Waals surface area contributed by atoms with Crippen LogP contribution in [0.4, 0.5) is 11.4 Å². The third-order valence-electron chi connectivity index (χ3n) is 4.75. The highest BCUT2D eigenvalue weighted by molar-refractivity contribution is 7.80. The normalized spacial score (nSPS) is 18.9. The summed E-state index contributed by atoms with van der Waals surface area (Å²) in [5.41, 5.74) is 3.25. The molecular weight excluding hydrogens is 327 g/mol. The molecule has 0 bridgehead atoms. The molecule has 3 aromatic carbocycles. The van der Waals surface area contributed by atoms with Crippen molar-refractivity contribution in [1.29, 1.82) is 0 Å². The molecule has 126 valence electrons. The number of hydrogen-bond donors (Lipinski definition) is 0. The molecule has 1 aliphatic rings. The number of para-hydroxylation sites is 1. The van der Waals surface area contributed by atoms with Gasteiger partial charge >= 0.3 is 0 Å². The third-order valence-corrected chi connectivity index (χ3v) is 7.89. The van der Waals surface area contributed by atoms with Crippen LogP contribution >= 0.6 is 7.29 Å². The summed E-state index contributed by atoms with van der Waals surface area (Å²) in [7, 11) is 1.14. The average Bonchev–Trinajstić information content (AvgIpc) is 2.97. The van der Waals surface area contributed by atoms with E-state index in [1.54, 1.807) is 0 Å². The fourth-order valence-electron chi connectivity index (χ4n) is 3.42. The molecule has 0 spiro atoms. The monoisotopic (exact) mass is 348 g/mol. The molecule has 0 saturated heterocycles. The van der Waals surface area contributed by atoms with Crippen molar-refractivity contribution < 1.29 is 4.57 Å². The first-order valence-corrected chi connectivity index (χ1v) is 10.1.